The minimum absolute atomic E-state index is 0.890. The Morgan fingerprint density at radius 2 is 1.52 bits per heavy atom. The molecule has 1 aliphatic rings. The van der Waals surface area contributed by atoms with Crippen LogP contribution in [-0.2, 0) is 4.74 Å². The first kappa shape index (κ1) is 12.2. The standard InChI is InChI=1S/C20H16O/c1-21-20-8-4-7-19(20)17-10-9-16-11-14-5-2-3-6-15(14)12-18(16)13-17/h2-7,9-13H,8H2,1H3. The topological polar surface area (TPSA) is 9.23 Å². The van der Waals surface area contributed by atoms with Crippen molar-refractivity contribution in [1.82, 2.24) is 0 Å². The molecule has 0 bridgehead atoms. The Hall–Kier alpha value is -2.54. The molecule has 0 aromatic heterocycles. The van der Waals surface area contributed by atoms with Crippen molar-refractivity contribution in [3.05, 3.63) is 78.1 Å². The molecule has 4 rings (SSSR count). The van der Waals surface area contributed by atoms with E-state index in [-0.39, 0.29) is 0 Å². The fourth-order valence-electron chi connectivity index (χ4n) is 3.04. The van der Waals surface area contributed by atoms with Crippen LogP contribution in [0.15, 0.2) is 72.5 Å². The number of ether oxygens (including phenoxy) is 1. The SMILES string of the molecule is COC1=C(c2ccc3cc4ccccc4cc3c2)C=CC1. The van der Waals surface area contributed by atoms with Crippen LogP contribution in [0.2, 0.25) is 0 Å². The van der Waals surface area contributed by atoms with E-state index in [4.69, 9.17) is 4.74 Å². The number of methoxy groups -OCH3 is 1. The second-order valence-corrected chi connectivity index (χ2v) is 5.41. The van der Waals surface area contributed by atoms with Gasteiger partial charge < -0.3 is 4.74 Å². The average Bonchev–Trinajstić information content (AvgIpc) is 3.01. The summed E-state index contributed by atoms with van der Waals surface area (Å²) in [7, 11) is 1.75. The summed E-state index contributed by atoms with van der Waals surface area (Å²) in [5.74, 6) is 1.05. The molecule has 0 saturated heterocycles. The first-order valence-corrected chi connectivity index (χ1v) is 7.22. The van der Waals surface area contributed by atoms with Crippen molar-refractivity contribution in [3.63, 3.8) is 0 Å². The van der Waals surface area contributed by atoms with Gasteiger partial charge in [-0.3, -0.25) is 0 Å². The Kier molecular flexibility index (Phi) is 2.78. The van der Waals surface area contributed by atoms with Gasteiger partial charge in [-0.05, 0) is 45.3 Å². The fraction of sp³-hybridized carbons (Fsp3) is 0.100. The predicted molar refractivity (Wildman–Crippen MR) is 89.1 cm³/mol. The maximum absolute atomic E-state index is 5.48. The largest absolute Gasteiger partial charge is 0.500 e. The van der Waals surface area contributed by atoms with Crippen LogP contribution in [0.1, 0.15) is 12.0 Å². The third-order valence-corrected chi connectivity index (χ3v) is 4.15. The minimum atomic E-state index is 0.890. The lowest BCUT2D eigenvalue weighted by Crippen LogP contribution is -1.88. The molecule has 1 aliphatic carbocycles. The molecule has 0 heterocycles. The summed E-state index contributed by atoms with van der Waals surface area (Å²) in [6.45, 7) is 0. The molecule has 0 atom stereocenters. The monoisotopic (exact) mass is 272 g/mol. The molecule has 0 N–H and O–H groups in total. The molecule has 21 heavy (non-hydrogen) atoms. The number of fused-ring (bicyclic) bond motifs is 2. The minimum Gasteiger partial charge on any atom is -0.500 e. The van der Waals surface area contributed by atoms with Gasteiger partial charge in [-0.1, -0.05) is 48.6 Å². The van der Waals surface area contributed by atoms with Crippen molar-refractivity contribution in [2.75, 3.05) is 7.11 Å². The third kappa shape index (κ3) is 2.02. The number of benzene rings is 3. The second kappa shape index (κ2) is 4.78. The van der Waals surface area contributed by atoms with Crippen molar-refractivity contribution in [2.24, 2.45) is 0 Å². The van der Waals surface area contributed by atoms with Gasteiger partial charge in [-0.2, -0.15) is 0 Å². The molecular weight excluding hydrogens is 256 g/mol. The number of hydrogen-bond donors (Lipinski definition) is 0. The molecule has 1 nitrogen and oxygen atoms in total. The molecular formula is C20H16O. The van der Waals surface area contributed by atoms with Crippen molar-refractivity contribution >= 4 is 27.1 Å². The zero-order valence-corrected chi connectivity index (χ0v) is 12.0. The van der Waals surface area contributed by atoms with E-state index < -0.39 is 0 Å². The average molecular weight is 272 g/mol. The summed E-state index contributed by atoms with van der Waals surface area (Å²) in [4.78, 5) is 0. The van der Waals surface area contributed by atoms with Crippen LogP contribution in [0, 0.1) is 0 Å². The highest BCUT2D eigenvalue weighted by Gasteiger charge is 2.12. The molecule has 3 aromatic rings. The van der Waals surface area contributed by atoms with Crippen molar-refractivity contribution < 1.29 is 4.74 Å². The van der Waals surface area contributed by atoms with Crippen LogP contribution in [0.25, 0.3) is 27.1 Å². The van der Waals surface area contributed by atoms with Gasteiger partial charge in [0.2, 0.25) is 0 Å². The molecule has 0 radical (unpaired) electrons. The van der Waals surface area contributed by atoms with Gasteiger partial charge in [-0.25, -0.2) is 0 Å². The van der Waals surface area contributed by atoms with Gasteiger partial charge in [0.1, 0.15) is 5.76 Å². The van der Waals surface area contributed by atoms with Crippen molar-refractivity contribution in [1.29, 1.82) is 0 Å². The smallest absolute Gasteiger partial charge is 0.107 e. The summed E-state index contributed by atoms with van der Waals surface area (Å²) in [6.07, 6.45) is 5.20. The Balaban J connectivity index is 1.93. The van der Waals surface area contributed by atoms with Crippen LogP contribution < -0.4 is 0 Å². The zero-order chi connectivity index (χ0) is 14.2. The van der Waals surface area contributed by atoms with Gasteiger partial charge in [0.15, 0.2) is 0 Å². The predicted octanol–water partition coefficient (Wildman–Crippen LogP) is 5.31. The summed E-state index contributed by atoms with van der Waals surface area (Å²) in [5.41, 5.74) is 2.43. The Bertz CT molecular complexity index is 900. The number of rotatable bonds is 2. The highest BCUT2D eigenvalue weighted by Crippen LogP contribution is 2.31. The van der Waals surface area contributed by atoms with E-state index in [1.165, 1.54) is 32.7 Å². The number of hydrogen-bond acceptors (Lipinski definition) is 1. The highest BCUT2D eigenvalue weighted by atomic mass is 16.5. The third-order valence-electron chi connectivity index (χ3n) is 4.15. The quantitative estimate of drug-likeness (QED) is 0.574. The Labute approximate surface area is 124 Å². The highest BCUT2D eigenvalue weighted by molar-refractivity contribution is 5.99. The van der Waals surface area contributed by atoms with E-state index in [0.717, 1.165) is 12.2 Å². The van der Waals surface area contributed by atoms with Crippen LogP contribution in [-0.4, -0.2) is 7.11 Å². The second-order valence-electron chi connectivity index (χ2n) is 5.41. The van der Waals surface area contributed by atoms with Gasteiger partial charge >= 0.3 is 0 Å². The lowest BCUT2D eigenvalue weighted by molar-refractivity contribution is 0.289. The Morgan fingerprint density at radius 1 is 0.810 bits per heavy atom. The molecule has 1 heteroatoms. The van der Waals surface area contributed by atoms with E-state index >= 15 is 0 Å². The molecule has 0 spiro atoms. The van der Waals surface area contributed by atoms with Crippen LogP contribution in [0.4, 0.5) is 0 Å². The maximum Gasteiger partial charge on any atom is 0.107 e. The van der Waals surface area contributed by atoms with Crippen LogP contribution >= 0.6 is 0 Å². The van der Waals surface area contributed by atoms with Gasteiger partial charge in [0.25, 0.3) is 0 Å². The zero-order valence-electron chi connectivity index (χ0n) is 12.0. The van der Waals surface area contributed by atoms with Gasteiger partial charge in [0.05, 0.1) is 7.11 Å². The summed E-state index contributed by atoms with van der Waals surface area (Å²) >= 11 is 0. The molecule has 0 unspecified atom stereocenters. The molecule has 102 valence electrons. The van der Waals surface area contributed by atoms with E-state index in [1.807, 2.05) is 0 Å². The van der Waals surface area contributed by atoms with E-state index in [9.17, 15) is 0 Å². The van der Waals surface area contributed by atoms with E-state index in [1.54, 1.807) is 7.11 Å². The normalized spacial score (nSPS) is 14.3. The molecule has 0 amide bonds. The lowest BCUT2D eigenvalue weighted by Gasteiger charge is -2.08. The summed E-state index contributed by atoms with van der Waals surface area (Å²) in [6, 6.07) is 19.6. The fourth-order valence-corrected chi connectivity index (χ4v) is 3.04. The maximum atomic E-state index is 5.48. The first-order valence-electron chi connectivity index (χ1n) is 7.22. The summed E-state index contributed by atoms with van der Waals surface area (Å²) in [5, 5.41) is 5.12. The van der Waals surface area contributed by atoms with Gasteiger partial charge in [-0.15, -0.1) is 0 Å². The molecule has 0 saturated carbocycles. The van der Waals surface area contributed by atoms with Crippen molar-refractivity contribution in [2.45, 2.75) is 6.42 Å². The Morgan fingerprint density at radius 3 is 2.29 bits per heavy atom. The van der Waals surface area contributed by atoms with Crippen LogP contribution in [0.3, 0.4) is 0 Å². The van der Waals surface area contributed by atoms with Gasteiger partial charge in [0, 0.05) is 12.0 Å². The lowest BCUT2D eigenvalue weighted by atomic mass is 9.99. The molecule has 0 fully saturated rings. The molecule has 0 aliphatic heterocycles. The van der Waals surface area contributed by atoms with E-state index in [0.29, 0.717) is 0 Å². The summed E-state index contributed by atoms with van der Waals surface area (Å²) < 4.78 is 5.48. The first-order chi connectivity index (χ1) is 10.3. The number of allylic oxidation sites excluding steroid dienone is 3. The van der Waals surface area contributed by atoms with Crippen LogP contribution in [0.5, 0.6) is 0 Å². The van der Waals surface area contributed by atoms with Crippen molar-refractivity contribution in [3.8, 4) is 0 Å². The van der Waals surface area contributed by atoms with E-state index in [2.05, 4.69) is 66.7 Å². The molecule has 3 aromatic carbocycles.